The maximum absolute atomic E-state index is 12.3. The van der Waals surface area contributed by atoms with Crippen molar-refractivity contribution in [1.29, 1.82) is 0 Å². The molecule has 2 aromatic rings. The Kier molecular flexibility index (Phi) is 7.25. The third-order valence-electron chi connectivity index (χ3n) is 3.56. The van der Waals surface area contributed by atoms with E-state index in [4.69, 9.17) is 4.74 Å². The maximum Gasteiger partial charge on any atom is 0.326 e. The summed E-state index contributed by atoms with van der Waals surface area (Å²) in [5.74, 6) is -2.09. The first kappa shape index (κ1) is 20.3. The molecule has 2 N–H and O–H groups in total. The number of carboxylic acid groups (broad SMARTS) is 1. The number of benzene rings is 2. The number of carbonyl (C=O) groups excluding carboxylic acids is 2. The van der Waals surface area contributed by atoms with Crippen molar-refractivity contribution in [2.45, 2.75) is 24.3 Å². The Morgan fingerprint density at radius 3 is 2.44 bits per heavy atom. The molecule has 2 aromatic carbocycles. The number of aliphatic carboxylic acids is 1. The number of ether oxygens (including phenoxy) is 1. The summed E-state index contributed by atoms with van der Waals surface area (Å²) in [6.45, 7) is 1.24. The first-order valence-electron chi connectivity index (χ1n) is 8.12. The second-order valence-electron chi connectivity index (χ2n) is 5.64. The van der Waals surface area contributed by atoms with E-state index in [1.165, 1.54) is 31.2 Å². The number of amides is 1. The lowest BCUT2D eigenvalue weighted by Gasteiger charge is -2.15. The molecule has 0 aliphatic carbocycles. The van der Waals surface area contributed by atoms with Gasteiger partial charge in [0.05, 0.1) is 10.8 Å². The van der Waals surface area contributed by atoms with Crippen molar-refractivity contribution in [2.24, 2.45) is 0 Å². The van der Waals surface area contributed by atoms with Crippen LogP contribution in [-0.2, 0) is 20.4 Å². The van der Waals surface area contributed by atoms with Crippen LogP contribution in [0, 0.1) is 0 Å². The van der Waals surface area contributed by atoms with Crippen LogP contribution in [-0.4, -0.2) is 39.0 Å². The third-order valence-corrected chi connectivity index (χ3v) is 4.96. The first-order valence-corrected chi connectivity index (χ1v) is 9.44. The molecule has 0 unspecified atom stereocenters. The van der Waals surface area contributed by atoms with E-state index in [2.05, 4.69) is 5.32 Å². The van der Waals surface area contributed by atoms with Crippen LogP contribution >= 0.6 is 0 Å². The summed E-state index contributed by atoms with van der Waals surface area (Å²) in [7, 11) is -1.36. The van der Waals surface area contributed by atoms with Crippen molar-refractivity contribution in [1.82, 2.24) is 5.32 Å². The van der Waals surface area contributed by atoms with Crippen molar-refractivity contribution >= 4 is 28.6 Å². The highest BCUT2D eigenvalue weighted by atomic mass is 32.2. The van der Waals surface area contributed by atoms with Gasteiger partial charge in [-0.15, -0.1) is 0 Å². The van der Waals surface area contributed by atoms with Gasteiger partial charge in [-0.2, -0.15) is 0 Å². The minimum Gasteiger partial charge on any atom is -0.480 e. The highest BCUT2D eigenvalue weighted by Gasteiger charge is 2.22. The van der Waals surface area contributed by atoms with E-state index in [9.17, 15) is 23.7 Å². The minimum atomic E-state index is -1.36. The average Bonchev–Trinajstić information content (AvgIpc) is 2.64. The van der Waals surface area contributed by atoms with Gasteiger partial charge in [0.15, 0.2) is 0 Å². The van der Waals surface area contributed by atoms with Gasteiger partial charge in [0, 0.05) is 23.1 Å². The molecule has 142 valence electrons. The highest BCUT2D eigenvalue weighted by Crippen LogP contribution is 2.14. The van der Waals surface area contributed by atoms with Crippen LogP contribution in [0.25, 0.3) is 0 Å². The van der Waals surface area contributed by atoms with Crippen LogP contribution in [0.1, 0.15) is 23.7 Å². The first-order chi connectivity index (χ1) is 12.9. The summed E-state index contributed by atoms with van der Waals surface area (Å²) in [4.78, 5) is 35.4. The predicted molar refractivity (Wildman–Crippen MR) is 99.0 cm³/mol. The molecule has 2 rings (SSSR count). The molecule has 2 atom stereocenters. The van der Waals surface area contributed by atoms with Crippen LogP contribution < -0.4 is 10.1 Å². The molecule has 8 heteroatoms. The Labute approximate surface area is 158 Å². The second-order valence-corrected chi connectivity index (χ2v) is 7.21. The summed E-state index contributed by atoms with van der Waals surface area (Å²) in [6, 6.07) is 13.4. The van der Waals surface area contributed by atoms with Crippen LogP contribution in [0.15, 0.2) is 59.5 Å². The van der Waals surface area contributed by atoms with Gasteiger partial charge >= 0.3 is 11.9 Å². The van der Waals surface area contributed by atoms with Crippen molar-refractivity contribution in [2.75, 3.05) is 5.75 Å². The van der Waals surface area contributed by atoms with E-state index in [0.29, 0.717) is 4.90 Å². The minimum absolute atomic E-state index is 0.00617. The van der Waals surface area contributed by atoms with Crippen LogP contribution in [0.5, 0.6) is 5.75 Å². The quantitative estimate of drug-likeness (QED) is 0.528. The van der Waals surface area contributed by atoms with Crippen molar-refractivity contribution in [3.63, 3.8) is 0 Å². The number of hydrogen-bond acceptors (Lipinski definition) is 5. The second kappa shape index (κ2) is 9.63. The summed E-state index contributed by atoms with van der Waals surface area (Å²) in [5.41, 5.74) is 0.157. The molecule has 0 aliphatic heterocycles. The number of nitrogens with one attached hydrogen (secondary N) is 1. The molecular weight excluding hydrogens is 370 g/mol. The summed E-state index contributed by atoms with van der Waals surface area (Å²) < 4.78 is 17.1. The molecule has 0 aliphatic rings. The zero-order chi connectivity index (χ0) is 19.8. The van der Waals surface area contributed by atoms with Gasteiger partial charge in [-0.25, -0.2) is 4.79 Å². The fraction of sp³-hybridized carbons (Fsp3) is 0.211. The fourth-order valence-electron chi connectivity index (χ4n) is 2.28. The fourth-order valence-corrected chi connectivity index (χ4v) is 3.43. The molecule has 0 bridgehead atoms. The Morgan fingerprint density at radius 1 is 1.11 bits per heavy atom. The average molecular weight is 389 g/mol. The predicted octanol–water partition coefficient (Wildman–Crippen LogP) is 1.99. The van der Waals surface area contributed by atoms with Crippen molar-refractivity contribution in [3.8, 4) is 5.75 Å². The van der Waals surface area contributed by atoms with Gasteiger partial charge < -0.3 is 15.2 Å². The van der Waals surface area contributed by atoms with E-state index in [1.54, 1.807) is 30.3 Å². The van der Waals surface area contributed by atoms with Crippen molar-refractivity contribution < 1.29 is 28.4 Å². The molecule has 0 aromatic heterocycles. The lowest BCUT2D eigenvalue weighted by atomic mass is 10.1. The van der Waals surface area contributed by atoms with Crippen LogP contribution in [0.3, 0.4) is 0 Å². The lowest BCUT2D eigenvalue weighted by Crippen LogP contribution is -2.41. The van der Waals surface area contributed by atoms with E-state index < -0.39 is 34.7 Å². The molecular formula is C19H19NO6S. The molecule has 0 radical (unpaired) electrons. The zero-order valence-electron chi connectivity index (χ0n) is 14.6. The molecule has 0 spiro atoms. The van der Waals surface area contributed by atoms with E-state index in [0.717, 1.165) is 0 Å². The molecule has 0 saturated heterocycles. The molecule has 1 amide bonds. The highest BCUT2D eigenvalue weighted by molar-refractivity contribution is 7.85. The molecule has 27 heavy (non-hydrogen) atoms. The molecule has 0 heterocycles. The number of hydrogen-bond donors (Lipinski definition) is 2. The number of esters is 1. The van der Waals surface area contributed by atoms with E-state index in [-0.39, 0.29) is 23.5 Å². The zero-order valence-corrected chi connectivity index (χ0v) is 15.4. The Hall–Kier alpha value is -3.00. The van der Waals surface area contributed by atoms with Gasteiger partial charge in [0.1, 0.15) is 11.8 Å². The number of carbonyl (C=O) groups is 3. The van der Waals surface area contributed by atoms with Crippen molar-refractivity contribution in [3.05, 3.63) is 60.2 Å². The Morgan fingerprint density at radius 2 is 1.81 bits per heavy atom. The number of rotatable bonds is 8. The van der Waals surface area contributed by atoms with E-state index in [1.807, 2.05) is 0 Å². The lowest BCUT2D eigenvalue weighted by molar-refractivity contribution is -0.139. The van der Waals surface area contributed by atoms with Gasteiger partial charge in [0.2, 0.25) is 0 Å². The van der Waals surface area contributed by atoms with Gasteiger partial charge in [-0.05, 0) is 36.8 Å². The maximum atomic E-state index is 12.3. The normalized spacial score (nSPS) is 12.6. The summed E-state index contributed by atoms with van der Waals surface area (Å²) in [6.07, 6.45) is 0.00617. The van der Waals surface area contributed by atoms with Gasteiger partial charge in [-0.1, -0.05) is 24.3 Å². The summed E-state index contributed by atoms with van der Waals surface area (Å²) >= 11 is 0. The van der Waals surface area contributed by atoms with Gasteiger partial charge in [-0.3, -0.25) is 13.8 Å². The Balaban J connectivity index is 2.01. The largest absolute Gasteiger partial charge is 0.480 e. The third kappa shape index (κ3) is 6.34. The number of carboxylic acids is 1. The van der Waals surface area contributed by atoms with Gasteiger partial charge in [0.25, 0.3) is 5.91 Å². The molecule has 7 nitrogen and oxygen atoms in total. The molecule has 0 fully saturated rings. The molecule has 0 saturated carbocycles. The topological polar surface area (TPSA) is 110 Å². The smallest absolute Gasteiger partial charge is 0.326 e. The van der Waals surface area contributed by atoms with Crippen LogP contribution in [0.2, 0.25) is 0 Å². The SMILES string of the molecule is CC(=O)Oc1cccc(C(=O)N[C@@H](CC[S@](=O)c2ccccc2)C(=O)O)c1. The monoisotopic (exact) mass is 389 g/mol. The van der Waals surface area contributed by atoms with Crippen LogP contribution in [0.4, 0.5) is 0 Å². The Bertz CT molecular complexity index is 852. The summed E-state index contributed by atoms with van der Waals surface area (Å²) in [5, 5.41) is 11.7. The van der Waals surface area contributed by atoms with E-state index >= 15 is 0 Å². The standard InChI is InChI=1S/C19H19NO6S/c1-13(21)26-15-7-5-6-14(12-15)18(22)20-17(19(23)24)10-11-27(25)16-8-3-2-4-9-16/h2-9,12,17H,10-11H2,1H3,(H,20,22)(H,23,24)/t17-,27-/m0/s1.